The van der Waals surface area contributed by atoms with Crippen LogP contribution in [0.1, 0.15) is 51.4 Å². The second-order valence-electron chi connectivity index (χ2n) is 5.57. The van der Waals surface area contributed by atoms with Gasteiger partial charge in [0.05, 0.1) is 5.92 Å². The Bertz CT molecular complexity index is 228. The minimum absolute atomic E-state index is 0.170. The van der Waals surface area contributed by atoms with E-state index in [0.29, 0.717) is 0 Å². The maximum atomic E-state index is 11.9. The molecule has 3 heteroatoms. The number of carbonyl (C=O) groups is 1. The van der Waals surface area contributed by atoms with Crippen LogP contribution < -0.4 is 10.6 Å². The quantitative estimate of drug-likeness (QED) is 0.802. The van der Waals surface area contributed by atoms with Crippen molar-refractivity contribution in [3.63, 3.8) is 0 Å². The van der Waals surface area contributed by atoms with Gasteiger partial charge in [0.2, 0.25) is 5.91 Å². The van der Waals surface area contributed by atoms with Crippen LogP contribution in [-0.2, 0) is 4.79 Å². The van der Waals surface area contributed by atoms with Gasteiger partial charge in [-0.15, -0.1) is 0 Å². The Kier molecular flexibility index (Phi) is 5.30. The molecule has 1 amide bonds. The molecule has 1 aliphatic carbocycles. The third-order valence-electron chi connectivity index (χ3n) is 4.15. The van der Waals surface area contributed by atoms with Crippen LogP contribution in [0.15, 0.2) is 0 Å². The van der Waals surface area contributed by atoms with Gasteiger partial charge in [0, 0.05) is 19.6 Å². The second kappa shape index (κ2) is 7.00. The van der Waals surface area contributed by atoms with E-state index in [1.165, 1.54) is 44.9 Å². The molecule has 1 saturated carbocycles. The molecule has 1 N–H and O–H groups in total. The lowest BCUT2D eigenvalue weighted by atomic mass is 9.91. The summed E-state index contributed by atoms with van der Waals surface area (Å²) in [5.74, 6) is 1.13. The van der Waals surface area contributed by atoms with Gasteiger partial charge in [0.1, 0.15) is 0 Å². The molecule has 1 saturated heterocycles. The van der Waals surface area contributed by atoms with Gasteiger partial charge >= 0.3 is 0 Å². The molecular formula is C14H25N2O. The summed E-state index contributed by atoms with van der Waals surface area (Å²) in [6.07, 6.45) is 10.4. The molecule has 2 aliphatic rings. The highest BCUT2D eigenvalue weighted by atomic mass is 16.1. The smallest absolute Gasteiger partial charge is 0.224 e. The number of hydrogen-bond acceptors (Lipinski definition) is 1. The summed E-state index contributed by atoms with van der Waals surface area (Å²) in [4.78, 5) is 11.9. The molecule has 17 heavy (non-hydrogen) atoms. The Hall–Kier alpha value is -0.570. The molecular weight excluding hydrogens is 212 g/mol. The zero-order chi connectivity index (χ0) is 11.9. The van der Waals surface area contributed by atoms with E-state index < -0.39 is 0 Å². The van der Waals surface area contributed by atoms with E-state index in [0.717, 1.165) is 32.0 Å². The van der Waals surface area contributed by atoms with Crippen molar-refractivity contribution in [1.29, 1.82) is 0 Å². The average Bonchev–Trinajstić information content (AvgIpc) is 2.80. The van der Waals surface area contributed by atoms with E-state index >= 15 is 0 Å². The van der Waals surface area contributed by atoms with Crippen LogP contribution in [0.5, 0.6) is 0 Å². The number of nitrogens with one attached hydrogen (secondary N) is 1. The maximum Gasteiger partial charge on any atom is 0.224 e. The van der Waals surface area contributed by atoms with Crippen LogP contribution in [-0.4, -0.2) is 25.5 Å². The predicted octanol–water partition coefficient (Wildman–Crippen LogP) is 2.09. The minimum atomic E-state index is 0.170. The lowest BCUT2D eigenvalue weighted by Crippen LogP contribution is -2.35. The molecule has 1 heterocycles. The minimum Gasteiger partial charge on any atom is -0.356 e. The summed E-state index contributed by atoms with van der Waals surface area (Å²) in [6.45, 7) is 2.52. The third kappa shape index (κ3) is 4.30. The van der Waals surface area contributed by atoms with Crippen molar-refractivity contribution >= 4 is 5.91 Å². The summed E-state index contributed by atoms with van der Waals surface area (Å²) < 4.78 is 0. The molecule has 1 atom stereocenters. The Labute approximate surface area is 105 Å². The molecule has 1 aliphatic heterocycles. The zero-order valence-electron chi connectivity index (χ0n) is 10.8. The molecule has 2 rings (SSSR count). The largest absolute Gasteiger partial charge is 0.356 e. The van der Waals surface area contributed by atoms with Crippen molar-refractivity contribution in [2.75, 3.05) is 19.6 Å². The summed E-state index contributed by atoms with van der Waals surface area (Å²) in [6, 6.07) is 0. The van der Waals surface area contributed by atoms with Gasteiger partial charge in [0.15, 0.2) is 0 Å². The van der Waals surface area contributed by atoms with Crippen molar-refractivity contribution in [1.82, 2.24) is 10.6 Å². The summed E-state index contributed by atoms with van der Waals surface area (Å²) in [7, 11) is 0. The van der Waals surface area contributed by atoms with Gasteiger partial charge in [-0.2, -0.15) is 0 Å². The fourth-order valence-corrected chi connectivity index (χ4v) is 2.93. The van der Waals surface area contributed by atoms with Crippen molar-refractivity contribution < 1.29 is 4.79 Å². The molecule has 0 bridgehead atoms. The Morgan fingerprint density at radius 3 is 2.41 bits per heavy atom. The highest BCUT2D eigenvalue weighted by molar-refractivity contribution is 5.79. The van der Waals surface area contributed by atoms with Crippen molar-refractivity contribution in [2.45, 2.75) is 51.4 Å². The lowest BCUT2D eigenvalue weighted by molar-refractivity contribution is -0.124. The van der Waals surface area contributed by atoms with Gasteiger partial charge in [-0.25, -0.2) is 5.32 Å². The van der Waals surface area contributed by atoms with Crippen LogP contribution in [0.3, 0.4) is 0 Å². The zero-order valence-corrected chi connectivity index (χ0v) is 10.8. The van der Waals surface area contributed by atoms with Crippen molar-refractivity contribution in [3.8, 4) is 0 Å². The molecule has 1 unspecified atom stereocenters. The van der Waals surface area contributed by atoms with Crippen molar-refractivity contribution in [2.24, 2.45) is 11.8 Å². The normalized spacial score (nSPS) is 27.4. The van der Waals surface area contributed by atoms with Crippen LogP contribution in [0.25, 0.3) is 0 Å². The molecule has 0 aromatic heterocycles. The molecule has 0 spiro atoms. The van der Waals surface area contributed by atoms with Gasteiger partial charge in [-0.3, -0.25) is 4.79 Å². The van der Waals surface area contributed by atoms with E-state index in [4.69, 9.17) is 0 Å². The first kappa shape index (κ1) is 12.9. The van der Waals surface area contributed by atoms with E-state index in [-0.39, 0.29) is 11.8 Å². The Balaban J connectivity index is 1.66. The molecule has 0 aromatic rings. The van der Waals surface area contributed by atoms with Gasteiger partial charge < -0.3 is 5.32 Å². The third-order valence-corrected chi connectivity index (χ3v) is 4.15. The first-order valence-corrected chi connectivity index (χ1v) is 7.27. The SMILES string of the molecule is O=C(NCC1CCCCCCC1)C1CC[N]C1. The van der Waals surface area contributed by atoms with Crippen LogP contribution in [0.2, 0.25) is 0 Å². The highest BCUT2D eigenvalue weighted by Crippen LogP contribution is 2.21. The molecule has 2 fully saturated rings. The first-order valence-electron chi connectivity index (χ1n) is 7.27. The molecule has 97 valence electrons. The van der Waals surface area contributed by atoms with E-state index in [9.17, 15) is 4.79 Å². The lowest BCUT2D eigenvalue weighted by Gasteiger charge is -2.20. The Morgan fingerprint density at radius 2 is 1.76 bits per heavy atom. The van der Waals surface area contributed by atoms with Crippen LogP contribution in [0, 0.1) is 11.8 Å². The van der Waals surface area contributed by atoms with E-state index in [1.807, 2.05) is 0 Å². The van der Waals surface area contributed by atoms with Gasteiger partial charge in [-0.05, 0) is 25.2 Å². The summed E-state index contributed by atoms with van der Waals surface area (Å²) >= 11 is 0. The molecule has 1 radical (unpaired) electrons. The predicted molar refractivity (Wildman–Crippen MR) is 68.8 cm³/mol. The number of amides is 1. The van der Waals surface area contributed by atoms with E-state index in [2.05, 4.69) is 10.6 Å². The summed E-state index contributed by atoms with van der Waals surface area (Å²) in [5.41, 5.74) is 0. The van der Waals surface area contributed by atoms with E-state index in [1.54, 1.807) is 0 Å². The summed E-state index contributed by atoms with van der Waals surface area (Å²) in [5, 5.41) is 7.39. The van der Waals surface area contributed by atoms with Gasteiger partial charge in [-0.1, -0.05) is 32.1 Å². The molecule has 0 aromatic carbocycles. The van der Waals surface area contributed by atoms with Crippen LogP contribution in [0.4, 0.5) is 0 Å². The Morgan fingerprint density at radius 1 is 1.06 bits per heavy atom. The topological polar surface area (TPSA) is 43.2 Å². The number of hydrogen-bond donors (Lipinski definition) is 1. The van der Waals surface area contributed by atoms with Crippen LogP contribution >= 0.6 is 0 Å². The fraction of sp³-hybridized carbons (Fsp3) is 0.929. The monoisotopic (exact) mass is 237 g/mol. The maximum absolute atomic E-state index is 11.9. The highest BCUT2D eigenvalue weighted by Gasteiger charge is 2.23. The number of carbonyl (C=O) groups excluding carboxylic acids is 1. The fourth-order valence-electron chi connectivity index (χ4n) is 2.93. The first-order chi connectivity index (χ1) is 8.36. The second-order valence-corrected chi connectivity index (χ2v) is 5.57. The average molecular weight is 237 g/mol. The number of rotatable bonds is 3. The molecule has 3 nitrogen and oxygen atoms in total. The standard InChI is InChI=1S/C14H25N2O/c17-14(13-8-9-15-11-13)16-10-12-6-4-2-1-3-5-7-12/h12-13H,1-11H2,(H,16,17). The van der Waals surface area contributed by atoms with Gasteiger partial charge in [0.25, 0.3) is 0 Å². The van der Waals surface area contributed by atoms with Crippen molar-refractivity contribution in [3.05, 3.63) is 0 Å². The number of nitrogens with zero attached hydrogens (tertiary/aromatic N) is 1.